The number of halogens is 1. The number of hydrogen-bond donors (Lipinski definition) is 1. The Bertz CT molecular complexity index is 1580. The van der Waals surface area contributed by atoms with Crippen molar-refractivity contribution in [1.82, 2.24) is 13.9 Å². The standard InChI is InChI=1S/C23H18ClN5O4S2/c1-35(31,32)23-27-22(34-28-23)26-21(30)15(13-25)12-16-14-29(19-8-4-2-6-17(16)19)10-11-33-20-9-5-3-7-18(20)24/h2-9,12,14H,10-11H2,1H3,(H,26,27,28,30)/b15-12-. The summed E-state index contributed by atoms with van der Waals surface area (Å²) in [4.78, 5) is 16.4. The van der Waals surface area contributed by atoms with Crippen molar-refractivity contribution in [3.63, 3.8) is 0 Å². The number of aromatic nitrogens is 3. The van der Waals surface area contributed by atoms with Gasteiger partial charge in [0.25, 0.3) is 11.1 Å². The highest BCUT2D eigenvalue weighted by molar-refractivity contribution is 7.90. The average molecular weight is 528 g/mol. The van der Waals surface area contributed by atoms with Crippen molar-refractivity contribution in [2.24, 2.45) is 0 Å². The Morgan fingerprint density at radius 3 is 2.71 bits per heavy atom. The van der Waals surface area contributed by atoms with Gasteiger partial charge in [0.15, 0.2) is 0 Å². The zero-order chi connectivity index (χ0) is 25.0. The van der Waals surface area contributed by atoms with Crippen LogP contribution >= 0.6 is 23.1 Å². The van der Waals surface area contributed by atoms with Crippen LogP contribution in [0.15, 0.2) is 65.5 Å². The normalized spacial score (nSPS) is 11.9. The second kappa shape index (κ2) is 10.3. The fourth-order valence-corrected chi connectivity index (χ4v) is 4.90. The molecular formula is C23H18ClN5O4S2. The van der Waals surface area contributed by atoms with E-state index in [-0.39, 0.29) is 15.9 Å². The van der Waals surface area contributed by atoms with Gasteiger partial charge in [-0.25, -0.2) is 8.42 Å². The van der Waals surface area contributed by atoms with Crippen LogP contribution in [0.2, 0.25) is 5.02 Å². The molecule has 12 heteroatoms. The van der Waals surface area contributed by atoms with Crippen LogP contribution in [0.25, 0.3) is 17.0 Å². The van der Waals surface area contributed by atoms with Crippen LogP contribution in [0.5, 0.6) is 5.75 Å². The minimum Gasteiger partial charge on any atom is -0.490 e. The third-order valence-electron chi connectivity index (χ3n) is 4.87. The molecular weight excluding hydrogens is 510 g/mol. The van der Waals surface area contributed by atoms with Crippen molar-refractivity contribution < 1.29 is 17.9 Å². The summed E-state index contributed by atoms with van der Waals surface area (Å²) in [5, 5.41) is 13.0. The highest BCUT2D eigenvalue weighted by atomic mass is 35.5. The van der Waals surface area contributed by atoms with Gasteiger partial charge in [-0.05, 0) is 24.3 Å². The van der Waals surface area contributed by atoms with E-state index in [4.69, 9.17) is 16.3 Å². The second-order valence-electron chi connectivity index (χ2n) is 7.35. The summed E-state index contributed by atoms with van der Waals surface area (Å²) in [6.07, 6.45) is 4.27. The number of carbonyl (C=O) groups excluding carboxylic acids is 1. The van der Waals surface area contributed by atoms with E-state index in [2.05, 4.69) is 14.7 Å². The van der Waals surface area contributed by atoms with Gasteiger partial charge in [-0.3, -0.25) is 10.1 Å². The Hall–Kier alpha value is -3.72. The lowest BCUT2D eigenvalue weighted by Gasteiger charge is -2.09. The number of hydrogen-bond acceptors (Lipinski definition) is 8. The maximum Gasteiger partial charge on any atom is 0.268 e. The summed E-state index contributed by atoms with van der Waals surface area (Å²) in [7, 11) is -3.60. The van der Waals surface area contributed by atoms with E-state index in [1.165, 1.54) is 6.08 Å². The molecule has 0 atom stereocenters. The molecule has 1 amide bonds. The molecule has 178 valence electrons. The van der Waals surface area contributed by atoms with E-state index in [0.717, 1.165) is 28.7 Å². The number of para-hydroxylation sites is 2. The third kappa shape index (κ3) is 5.68. The number of nitrogens with zero attached hydrogens (tertiary/aromatic N) is 4. The first kappa shape index (κ1) is 24.4. The molecule has 0 unspecified atom stereocenters. The summed E-state index contributed by atoms with van der Waals surface area (Å²) < 4.78 is 34.6. The van der Waals surface area contributed by atoms with E-state index >= 15 is 0 Å². The SMILES string of the molecule is CS(=O)(=O)c1nsc(NC(=O)/C(C#N)=C\c2cn(CCOc3ccccc3Cl)c3ccccc23)n1. The van der Waals surface area contributed by atoms with E-state index in [0.29, 0.717) is 29.5 Å². The van der Waals surface area contributed by atoms with Gasteiger partial charge in [-0.2, -0.15) is 14.6 Å². The zero-order valence-corrected chi connectivity index (χ0v) is 20.7. The van der Waals surface area contributed by atoms with Crippen molar-refractivity contribution >= 4 is 61.0 Å². The number of amides is 1. The van der Waals surface area contributed by atoms with Gasteiger partial charge in [0.2, 0.25) is 15.0 Å². The molecule has 4 aromatic rings. The quantitative estimate of drug-likeness (QED) is 0.269. The van der Waals surface area contributed by atoms with Gasteiger partial charge in [0, 0.05) is 40.5 Å². The van der Waals surface area contributed by atoms with E-state index in [9.17, 15) is 18.5 Å². The van der Waals surface area contributed by atoms with Crippen molar-refractivity contribution in [3.05, 3.63) is 70.9 Å². The van der Waals surface area contributed by atoms with Gasteiger partial charge in [-0.1, -0.05) is 41.9 Å². The molecule has 2 aromatic heterocycles. The number of anilines is 1. The summed E-state index contributed by atoms with van der Waals surface area (Å²) in [5.41, 5.74) is 1.40. The molecule has 0 spiro atoms. The zero-order valence-electron chi connectivity index (χ0n) is 18.3. The number of ether oxygens (including phenoxy) is 1. The van der Waals surface area contributed by atoms with E-state index in [1.807, 2.05) is 53.2 Å². The van der Waals surface area contributed by atoms with Gasteiger partial charge in [-0.15, -0.1) is 0 Å². The molecule has 2 aromatic carbocycles. The molecule has 0 saturated heterocycles. The highest BCUT2D eigenvalue weighted by Gasteiger charge is 2.18. The molecule has 4 rings (SSSR count). The number of nitrogens with one attached hydrogen (secondary N) is 1. The first-order valence-electron chi connectivity index (χ1n) is 10.2. The van der Waals surface area contributed by atoms with Crippen LogP contribution in [0.4, 0.5) is 5.13 Å². The molecule has 1 N–H and O–H groups in total. The Morgan fingerprint density at radius 1 is 1.26 bits per heavy atom. The molecule has 0 aliphatic carbocycles. The molecule has 0 aliphatic rings. The lowest BCUT2D eigenvalue weighted by molar-refractivity contribution is -0.112. The molecule has 0 radical (unpaired) electrons. The lowest BCUT2D eigenvalue weighted by Crippen LogP contribution is -2.13. The number of benzene rings is 2. The van der Waals surface area contributed by atoms with Crippen LogP contribution in [-0.4, -0.2) is 41.1 Å². The lowest BCUT2D eigenvalue weighted by atomic mass is 10.1. The number of fused-ring (bicyclic) bond motifs is 1. The summed E-state index contributed by atoms with van der Waals surface area (Å²) in [6, 6.07) is 16.7. The van der Waals surface area contributed by atoms with Crippen LogP contribution < -0.4 is 10.1 Å². The molecule has 0 aliphatic heterocycles. The fraction of sp³-hybridized carbons (Fsp3) is 0.130. The Labute approximate surface area is 210 Å². The van der Waals surface area contributed by atoms with E-state index < -0.39 is 15.7 Å². The Balaban J connectivity index is 1.55. The minimum atomic E-state index is -3.60. The summed E-state index contributed by atoms with van der Waals surface area (Å²) in [5.74, 6) is -0.132. The molecule has 9 nitrogen and oxygen atoms in total. The molecule has 0 bridgehead atoms. The molecule has 0 fully saturated rings. The van der Waals surface area contributed by atoms with Crippen LogP contribution in [0.1, 0.15) is 5.56 Å². The maximum atomic E-state index is 12.7. The number of nitriles is 1. The van der Waals surface area contributed by atoms with Crippen molar-refractivity contribution in [2.75, 3.05) is 18.2 Å². The van der Waals surface area contributed by atoms with Gasteiger partial charge in [0.1, 0.15) is 24.0 Å². The smallest absolute Gasteiger partial charge is 0.268 e. The Kier molecular flexibility index (Phi) is 7.16. The maximum absolute atomic E-state index is 12.7. The van der Waals surface area contributed by atoms with Crippen LogP contribution in [-0.2, 0) is 21.2 Å². The highest BCUT2D eigenvalue weighted by Crippen LogP contribution is 2.26. The van der Waals surface area contributed by atoms with Crippen LogP contribution in [0, 0.1) is 11.3 Å². The number of carbonyl (C=O) groups is 1. The number of rotatable bonds is 8. The van der Waals surface area contributed by atoms with Gasteiger partial charge >= 0.3 is 0 Å². The topological polar surface area (TPSA) is 127 Å². The second-order valence-corrected chi connectivity index (χ2v) is 10.4. The fourth-order valence-electron chi connectivity index (χ4n) is 3.27. The van der Waals surface area contributed by atoms with Crippen molar-refractivity contribution in [3.8, 4) is 11.8 Å². The summed E-state index contributed by atoms with van der Waals surface area (Å²) in [6.45, 7) is 0.865. The average Bonchev–Trinajstić information content (AvgIpc) is 3.44. The van der Waals surface area contributed by atoms with Gasteiger partial charge < -0.3 is 9.30 Å². The Morgan fingerprint density at radius 2 is 2.00 bits per heavy atom. The molecule has 0 saturated carbocycles. The predicted octanol–water partition coefficient (Wildman–Crippen LogP) is 4.17. The monoisotopic (exact) mass is 527 g/mol. The largest absolute Gasteiger partial charge is 0.490 e. The van der Waals surface area contributed by atoms with Crippen molar-refractivity contribution in [2.45, 2.75) is 11.7 Å². The molecule has 2 heterocycles. The first-order valence-corrected chi connectivity index (χ1v) is 13.2. The predicted molar refractivity (Wildman–Crippen MR) is 134 cm³/mol. The molecule has 35 heavy (non-hydrogen) atoms. The third-order valence-corrected chi connectivity index (χ3v) is 6.77. The number of sulfone groups is 1. The van der Waals surface area contributed by atoms with Gasteiger partial charge in [0.05, 0.1) is 11.6 Å². The van der Waals surface area contributed by atoms with Crippen LogP contribution in [0.3, 0.4) is 0 Å². The van der Waals surface area contributed by atoms with Crippen molar-refractivity contribution in [1.29, 1.82) is 5.26 Å². The first-order chi connectivity index (χ1) is 16.8. The summed E-state index contributed by atoms with van der Waals surface area (Å²) >= 11 is 6.86. The van der Waals surface area contributed by atoms with E-state index in [1.54, 1.807) is 12.1 Å². The minimum absolute atomic E-state index is 0.0178.